The molecule has 0 spiro atoms. The number of rotatable bonds is 9. The minimum Gasteiger partial charge on any atom is -0.493 e. The van der Waals surface area contributed by atoms with Crippen LogP contribution in [0.15, 0.2) is 30.3 Å². The van der Waals surface area contributed by atoms with Crippen LogP contribution >= 0.6 is 23.2 Å². The highest BCUT2D eigenvalue weighted by atomic mass is 35.5. The van der Waals surface area contributed by atoms with E-state index in [-0.39, 0.29) is 10.9 Å². The number of anilines is 1. The smallest absolute Gasteiger partial charge is 0.252 e. The van der Waals surface area contributed by atoms with Crippen LogP contribution in [0.4, 0.5) is 5.82 Å². The first-order valence-electron chi connectivity index (χ1n) is 10.7. The second-order valence-electron chi connectivity index (χ2n) is 7.55. The molecule has 0 saturated heterocycles. The normalized spacial score (nSPS) is 11.1. The van der Waals surface area contributed by atoms with Crippen molar-refractivity contribution >= 4 is 51.6 Å². The van der Waals surface area contributed by atoms with E-state index < -0.39 is 0 Å². The van der Waals surface area contributed by atoms with E-state index >= 15 is 0 Å². The maximum atomic E-state index is 12.3. The lowest BCUT2D eigenvalue weighted by atomic mass is 10.2. The van der Waals surface area contributed by atoms with Crippen LogP contribution in [0.1, 0.15) is 29.0 Å². The number of unbranched alkanes of at least 4 members (excludes halogenated alkanes) is 1. The number of nitrogens with one attached hydrogen (secondary N) is 2. The maximum absolute atomic E-state index is 12.3. The Balaban J connectivity index is 1.41. The Kier molecular flexibility index (Phi) is 7.23. The minimum absolute atomic E-state index is 0.248. The van der Waals surface area contributed by atoms with Gasteiger partial charge in [-0.05, 0) is 31.9 Å². The molecule has 0 unspecified atom stereocenters. The first-order valence-corrected chi connectivity index (χ1v) is 11.4. The number of hydrogen-bond donors (Lipinski definition) is 2. The summed E-state index contributed by atoms with van der Waals surface area (Å²) in [6, 6.07) is 8.68. The first kappa shape index (κ1) is 23.8. The molecule has 0 bridgehead atoms. The van der Waals surface area contributed by atoms with E-state index in [4.69, 9.17) is 37.7 Å². The van der Waals surface area contributed by atoms with Crippen LogP contribution in [0, 0.1) is 6.92 Å². The summed E-state index contributed by atoms with van der Waals surface area (Å²) in [7, 11) is 3.18. The summed E-state index contributed by atoms with van der Waals surface area (Å²) in [5.74, 6) is 2.30. The summed E-state index contributed by atoms with van der Waals surface area (Å²) in [5.41, 5.74) is 2.54. The van der Waals surface area contributed by atoms with Crippen LogP contribution < -0.4 is 20.1 Å². The summed E-state index contributed by atoms with van der Waals surface area (Å²) in [4.78, 5) is 17.1. The molecule has 0 radical (unpaired) electrons. The van der Waals surface area contributed by atoms with E-state index in [9.17, 15) is 4.79 Å². The Labute approximate surface area is 206 Å². The molecule has 11 heteroatoms. The average molecular weight is 503 g/mol. The van der Waals surface area contributed by atoms with Gasteiger partial charge in [0.15, 0.2) is 17.3 Å². The Morgan fingerprint density at radius 2 is 1.79 bits per heavy atom. The number of methoxy groups -OCH3 is 2. The van der Waals surface area contributed by atoms with Gasteiger partial charge in [-0.2, -0.15) is 0 Å². The van der Waals surface area contributed by atoms with Crippen molar-refractivity contribution in [2.45, 2.75) is 19.8 Å². The molecule has 2 aromatic carbocycles. The summed E-state index contributed by atoms with van der Waals surface area (Å²) < 4.78 is 12.8. The van der Waals surface area contributed by atoms with Gasteiger partial charge in [-0.3, -0.25) is 9.20 Å². The van der Waals surface area contributed by atoms with Crippen molar-refractivity contribution in [2.24, 2.45) is 0 Å². The van der Waals surface area contributed by atoms with Gasteiger partial charge in [-0.25, -0.2) is 4.98 Å². The highest BCUT2D eigenvalue weighted by molar-refractivity contribution is 6.43. The third-order valence-corrected chi connectivity index (χ3v) is 6.19. The molecular weight excluding hydrogens is 479 g/mol. The molecular formula is C23H24Cl2N6O3. The molecule has 9 nitrogen and oxygen atoms in total. The van der Waals surface area contributed by atoms with Crippen molar-refractivity contribution in [3.8, 4) is 11.5 Å². The predicted molar refractivity (Wildman–Crippen MR) is 133 cm³/mol. The number of carbonyl (C=O) groups is 1. The predicted octanol–water partition coefficient (Wildman–Crippen LogP) is 4.53. The molecule has 0 fully saturated rings. The molecule has 0 aliphatic carbocycles. The fourth-order valence-electron chi connectivity index (χ4n) is 3.65. The summed E-state index contributed by atoms with van der Waals surface area (Å²) in [5, 5.41) is 15.3. The molecule has 0 saturated carbocycles. The van der Waals surface area contributed by atoms with Gasteiger partial charge < -0.3 is 20.1 Å². The zero-order chi connectivity index (χ0) is 24.2. The molecule has 178 valence electrons. The van der Waals surface area contributed by atoms with Gasteiger partial charge in [-0.1, -0.05) is 29.3 Å². The number of halogens is 2. The highest BCUT2D eigenvalue weighted by Gasteiger charge is 2.16. The van der Waals surface area contributed by atoms with Gasteiger partial charge in [-0.15, -0.1) is 10.2 Å². The zero-order valence-corrected chi connectivity index (χ0v) is 20.5. The molecule has 34 heavy (non-hydrogen) atoms. The van der Waals surface area contributed by atoms with Crippen molar-refractivity contribution in [3.63, 3.8) is 0 Å². The lowest BCUT2D eigenvalue weighted by Crippen LogP contribution is -2.25. The number of aryl methyl sites for hydroxylation is 1. The molecule has 2 N–H and O–H groups in total. The van der Waals surface area contributed by atoms with Gasteiger partial charge in [0, 0.05) is 25.2 Å². The van der Waals surface area contributed by atoms with Gasteiger partial charge in [0.05, 0.1) is 40.9 Å². The lowest BCUT2D eigenvalue weighted by Gasteiger charge is -2.13. The molecule has 4 aromatic rings. The highest BCUT2D eigenvalue weighted by Crippen LogP contribution is 2.33. The fraction of sp³-hybridized carbons (Fsp3) is 0.304. The molecule has 0 aliphatic heterocycles. The van der Waals surface area contributed by atoms with Gasteiger partial charge in [0.1, 0.15) is 5.82 Å². The summed E-state index contributed by atoms with van der Waals surface area (Å²) in [6.45, 7) is 3.03. The van der Waals surface area contributed by atoms with Crippen LogP contribution in [0.25, 0.3) is 16.7 Å². The number of fused-ring (bicyclic) bond motifs is 3. The van der Waals surface area contributed by atoms with Crippen LogP contribution in [-0.4, -0.2) is 52.8 Å². The standard InChI is InChI=1S/C23H24Cl2N6O3/c1-13-29-30-22-21(28-16-11-18(33-2)19(34-3)12-17(16)31(13)22)26-9-4-5-10-27-23(32)14-7-6-8-15(24)20(14)25/h6-8,11-12H,4-5,9-10H2,1-3H3,(H,26,28)(H,27,32). The zero-order valence-electron chi connectivity index (χ0n) is 19.0. The van der Waals surface area contributed by atoms with Crippen molar-refractivity contribution in [3.05, 3.63) is 51.8 Å². The number of aromatic nitrogens is 4. The largest absolute Gasteiger partial charge is 0.493 e. The fourth-order valence-corrected chi connectivity index (χ4v) is 4.04. The summed E-state index contributed by atoms with van der Waals surface area (Å²) >= 11 is 12.1. The minimum atomic E-state index is -0.248. The first-order chi connectivity index (χ1) is 16.4. The topological polar surface area (TPSA) is 103 Å². The third kappa shape index (κ3) is 4.67. The number of carbonyl (C=O) groups excluding carboxylic acids is 1. The second-order valence-corrected chi connectivity index (χ2v) is 8.34. The van der Waals surface area contributed by atoms with E-state index in [1.165, 1.54) is 0 Å². The van der Waals surface area contributed by atoms with Crippen LogP contribution in [0.5, 0.6) is 11.5 Å². The maximum Gasteiger partial charge on any atom is 0.252 e. The van der Waals surface area contributed by atoms with Crippen molar-refractivity contribution in [1.82, 2.24) is 24.9 Å². The Bertz CT molecular complexity index is 1360. The Hall–Kier alpha value is -3.30. The number of hydrogen-bond acceptors (Lipinski definition) is 7. The number of nitrogens with zero attached hydrogens (tertiary/aromatic N) is 4. The molecule has 4 rings (SSSR count). The van der Waals surface area contributed by atoms with Crippen LogP contribution in [-0.2, 0) is 0 Å². The molecule has 2 aromatic heterocycles. The monoisotopic (exact) mass is 502 g/mol. The molecule has 1 amide bonds. The number of amides is 1. The Morgan fingerprint density at radius 3 is 2.56 bits per heavy atom. The molecule has 2 heterocycles. The van der Waals surface area contributed by atoms with Crippen molar-refractivity contribution in [1.29, 1.82) is 0 Å². The number of ether oxygens (including phenoxy) is 2. The molecule has 0 aliphatic rings. The van der Waals surface area contributed by atoms with Crippen molar-refractivity contribution in [2.75, 3.05) is 32.6 Å². The summed E-state index contributed by atoms with van der Waals surface area (Å²) in [6.07, 6.45) is 1.56. The van der Waals surface area contributed by atoms with E-state index in [2.05, 4.69) is 20.8 Å². The van der Waals surface area contributed by atoms with Crippen LogP contribution in [0.2, 0.25) is 10.0 Å². The van der Waals surface area contributed by atoms with Crippen LogP contribution in [0.3, 0.4) is 0 Å². The average Bonchev–Trinajstić information content (AvgIpc) is 3.23. The van der Waals surface area contributed by atoms with E-state index in [0.717, 1.165) is 29.7 Å². The second kappa shape index (κ2) is 10.3. The van der Waals surface area contributed by atoms with E-state index in [0.29, 0.717) is 46.6 Å². The quantitative estimate of drug-likeness (QED) is 0.324. The van der Waals surface area contributed by atoms with Gasteiger partial charge >= 0.3 is 0 Å². The molecule has 0 atom stereocenters. The van der Waals surface area contributed by atoms with E-state index in [1.807, 2.05) is 23.5 Å². The van der Waals surface area contributed by atoms with Crippen molar-refractivity contribution < 1.29 is 14.3 Å². The van der Waals surface area contributed by atoms with Gasteiger partial charge in [0.2, 0.25) is 5.65 Å². The number of benzene rings is 2. The van der Waals surface area contributed by atoms with E-state index in [1.54, 1.807) is 32.4 Å². The third-order valence-electron chi connectivity index (χ3n) is 5.37. The van der Waals surface area contributed by atoms with Gasteiger partial charge in [0.25, 0.3) is 5.91 Å². The lowest BCUT2D eigenvalue weighted by molar-refractivity contribution is 0.0953. The SMILES string of the molecule is COc1cc2nc(NCCCCNC(=O)c3cccc(Cl)c3Cl)c3nnc(C)n3c2cc1OC. The Morgan fingerprint density at radius 1 is 1.06 bits per heavy atom.